The smallest absolute Gasteiger partial charge is 0.185 e. The van der Waals surface area contributed by atoms with E-state index in [0.717, 1.165) is 65.5 Å². The summed E-state index contributed by atoms with van der Waals surface area (Å²) >= 11 is 7.37. The highest BCUT2D eigenvalue weighted by atomic mass is 32.1. The van der Waals surface area contributed by atoms with Crippen molar-refractivity contribution in [3.63, 3.8) is 0 Å². The number of hydrogen-bond donors (Lipinski definition) is 1. The van der Waals surface area contributed by atoms with E-state index in [1.54, 1.807) is 18.4 Å². The summed E-state index contributed by atoms with van der Waals surface area (Å²) in [6.45, 7) is 5.74. The van der Waals surface area contributed by atoms with E-state index < -0.39 is 0 Å². The van der Waals surface area contributed by atoms with Crippen LogP contribution in [0.25, 0.3) is 11.3 Å². The molecule has 156 valence electrons. The number of thiocarbonyl (C=S) groups is 1. The number of methoxy groups -OCH3 is 1. The maximum absolute atomic E-state index is 5.68. The van der Waals surface area contributed by atoms with Crippen molar-refractivity contribution in [1.82, 2.24) is 9.88 Å². The van der Waals surface area contributed by atoms with Gasteiger partial charge in [0.15, 0.2) is 10.2 Å². The summed E-state index contributed by atoms with van der Waals surface area (Å²) in [4.78, 5) is 9.45. The van der Waals surface area contributed by atoms with Gasteiger partial charge in [-0.15, -0.1) is 11.3 Å². The lowest BCUT2D eigenvalue weighted by Gasteiger charge is -2.36. The van der Waals surface area contributed by atoms with Gasteiger partial charge in [0.2, 0.25) is 0 Å². The molecule has 0 bridgehead atoms. The van der Waals surface area contributed by atoms with Gasteiger partial charge in [-0.1, -0.05) is 37.3 Å². The topological polar surface area (TPSA) is 40.6 Å². The quantitative estimate of drug-likeness (QED) is 0.572. The Morgan fingerprint density at radius 1 is 1.13 bits per heavy atom. The molecule has 0 aliphatic carbocycles. The van der Waals surface area contributed by atoms with Gasteiger partial charge in [-0.05, 0) is 42.4 Å². The fourth-order valence-corrected chi connectivity index (χ4v) is 4.75. The van der Waals surface area contributed by atoms with Crippen molar-refractivity contribution >= 4 is 39.5 Å². The summed E-state index contributed by atoms with van der Waals surface area (Å²) in [5, 5.41) is 7.41. The second-order valence-corrected chi connectivity index (χ2v) is 8.39. The molecule has 1 saturated heterocycles. The van der Waals surface area contributed by atoms with Crippen LogP contribution in [0, 0.1) is 0 Å². The molecule has 1 aliphatic rings. The lowest BCUT2D eigenvalue weighted by atomic mass is 10.1. The van der Waals surface area contributed by atoms with Crippen LogP contribution in [0.1, 0.15) is 12.5 Å². The fraction of sp³-hybridized carbons (Fsp3) is 0.304. The minimum Gasteiger partial charge on any atom is -0.497 e. The Morgan fingerprint density at radius 2 is 1.93 bits per heavy atom. The molecule has 30 heavy (non-hydrogen) atoms. The monoisotopic (exact) mass is 438 g/mol. The summed E-state index contributed by atoms with van der Waals surface area (Å²) < 4.78 is 5.33. The van der Waals surface area contributed by atoms with E-state index in [0.29, 0.717) is 0 Å². The first-order valence-corrected chi connectivity index (χ1v) is 11.5. The van der Waals surface area contributed by atoms with Gasteiger partial charge in [-0.2, -0.15) is 0 Å². The second-order valence-electron chi connectivity index (χ2n) is 7.16. The third kappa shape index (κ3) is 4.57. The molecule has 2 aromatic carbocycles. The van der Waals surface area contributed by atoms with Crippen molar-refractivity contribution in [2.75, 3.05) is 43.5 Å². The third-order valence-corrected chi connectivity index (χ3v) is 6.60. The highest BCUT2D eigenvalue weighted by Gasteiger charge is 2.21. The van der Waals surface area contributed by atoms with Gasteiger partial charge < -0.3 is 19.9 Å². The molecule has 0 spiro atoms. The van der Waals surface area contributed by atoms with Gasteiger partial charge in [-0.3, -0.25) is 0 Å². The van der Waals surface area contributed by atoms with Gasteiger partial charge in [-0.25, -0.2) is 4.98 Å². The molecule has 1 aromatic heterocycles. The van der Waals surface area contributed by atoms with Crippen LogP contribution in [0.15, 0.2) is 53.9 Å². The molecule has 4 rings (SSSR count). The molecule has 1 N–H and O–H groups in total. The Hall–Kier alpha value is -2.64. The number of rotatable bonds is 5. The van der Waals surface area contributed by atoms with Crippen LogP contribution in [0.5, 0.6) is 5.75 Å². The lowest BCUT2D eigenvalue weighted by Crippen LogP contribution is -2.50. The maximum Gasteiger partial charge on any atom is 0.185 e. The molecule has 0 unspecified atom stereocenters. The summed E-state index contributed by atoms with van der Waals surface area (Å²) in [5.41, 5.74) is 4.46. The van der Waals surface area contributed by atoms with Crippen LogP contribution in [-0.4, -0.2) is 48.3 Å². The highest BCUT2D eigenvalue weighted by molar-refractivity contribution is 7.80. The molecule has 7 heteroatoms. The zero-order valence-electron chi connectivity index (χ0n) is 17.3. The molecular weight excluding hydrogens is 412 g/mol. The molecule has 1 fully saturated rings. The molecule has 2 heterocycles. The maximum atomic E-state index is 5.68. The first-order valence-electron chi connectivity index (χ1n) is 10.2. The number of aryl methyl sites for hydroxylation is 1. The molecule has 3 aromatic rings. The third-order valence-electron chi connectivity index (χ3n) is 5.33. The second kappa shape index (κ2) is 9.45. The molecule has 1 aliphatic heterocycles. The van der Waals surface area contributed by atoms with E-state index in [2.05, 4.69) is 51.7 Å². The predicted octanol–water partition coefficient (Wildman–Crippen LogP) is 4.90. The number of ether oxygens (including phenoxy) is 1. The van der Waals surface area contributed by atoms with Crippen molar-refractivity contribution in [3.05, 3.63) is 59.5 Å². The number of aromatic nitrogens is 1. The molecule has 0 atom stereocenters. The van der Waals surface area contributed by atoms with E-state index in [1.807, 2.05) is 24.3 Å². The van der Waals surface area contributed by atoms with Crippen LogP contribution in [-0.2, 0) is 6.42 Å². The summed E-state index contributed by atoms with van der Waals surface area (Å²) in [6, 6.07) is 16.4. The molecule has 5 nitrogen and oxygen atoms in total. The number of thiazole rings is 1. The van der Waals surface area contributed by atoms with Crippen molar-refractivity contribution in [1.29, 1.82) is 0 Å². The van der Waals surface area contributed by atoms with Gasteiger partial charge in [0.1, 0.15) is 5.75 Å². The standard InChI is InChI=1S/C23H26N4OS2/c1-3-17-7-4-5-10-20(17)24-22(29)26-11-13-27(14-12-26)23-25-21(16-30-23)18-8-6-9-19(15-18)28-2/h4-10,15-16H,3,11-14H2,1-2H3,(H,24,29). The van der Waals surface area contributed by atoms with Gasteiger partial charge >= 0.3 is 0 Å². The first kappa shape index (κ1) is 20.6. The molecular formula is C23H26N4OS2. The fourth-order valence-electron chi connectivity index (χ4n) is 3.57. The van der Waals surface area contributed by atoms with E-state index >= 15 is 0 Å². The van der Waals surface area contributed by atoms with E-state index in [1.165, 1.54) is 5.56 Å². The largest absolute Gasteiger partial charge is 0.497 e. The normalized spacial score (nSPS) is 13.9. The number of piperazine rings is 1. The van der Waals surface area contributed by atoms with Crippen molar-refractivity contribution < 1.29 is 4.74 Å². The van der Waals surface area contributed by atoms with Crippen molar-refractivity contribution in [2.24, 2.45) is 0 Å². The van der Waals surface area contributed by atoms with Gasteiger partial charge in [0.25, 0.3) is 0 Å². The Labute approximate surface area is 187 Å². The SMILES string of the molecule is CCc1ccccc1NC(=S)N1CCN(c2nc(-c3cccc(OC)c3)cs2)CC1. The minimum atomic E-state index is 0.798. The number of benzene rings is 2. The van der Waals surface area contributed by atoms with E-state index in [4.69, 9.17) is 21.9 Å². The predicted molar refractivity (Wildman–Crippen MR) is 130 cm³/mol. The molecule has 0 saturated carbocycles. The Morgan fingerprint density at radius 3 is 2.70 bits per heavy atom. The molecule has 0 radical (unpaired) electrons. The highest BCUT2D eigenvalue weighted by Crippen LogP contribution is 2.30. The summed E-state index contributed by atoms with van der Waals surface area (Å²) in [5.74, 6) is 0.848. The number of para-hydroxylation sites is 1. The molecule has 0 amide bonds. The van der Waals surface area contributed by atoms with Crippen molar-refractivity contribution in [3.8, 4) is 17.0 Å². The van der Waals surface area contributed by atoms with Gasteiger partial charge in [0, 0.05) is 42.8 Å². The zero-order valence-corrected chi connectivity index (χ0v) is 18.9. The van der Waals surface area contributed by atoms with E-state index in [9.17, 15) is 0 Å². The van der Waals surface area contributed by atoms with Crippen LogP contribution in [0.3, 0.4) is 0 Å². The Bertz CT molecular complexity index is 1010. The van der Waals surface area contributed by atoms with Crippen LogP contribution < -0.4 is 15.0 Å². The summed E-state index contributed by atoms with van der Waals surface area (Å²) in [7, 11) is 1.69. The van der Waals surface area contributed by atoms with Gasteiger partial charge in [0.05, 0.1) is 12.8 Å². The van der Waals surface area contributed by atoms with Crippen LogP contribution in [0.4, 0.5) is 10.8 Å². The average Bonchev–Trinajstić information content (AvgIpc) is 3.30. The minimum absolute atomic E-state index is 0.798. The van der Waals surface area contributed by atoms with Crippen molar-refractivity contribution in [2.45, 2.75) is 13.3 Å². The van der Waals surface area contributed by atoms with Crippen LogP contribution >= 0.6 is 23.6 Å². The Balaban J connectivity index is 1.36. The number of hydrogen-bond acceptors (Lipinski definition) is 5. The number of anilines is 2. The Kier molecular flexibility index (Phi) is 6.50. The van der Waals surface area contributed by atoms with E-state index in [-0.39, 0.29) is 0 Å². The number of nitrogens with zero attached hydrogens (tertiary/aromatic N) is 3. The number of nitrogens with one attached hydrogen (secondary N) is 1. The average molecular weight is 439 g/mol. The van der Waals surface area contributed by atoms with Crippen LogP contribution in [0.2, 0.25) is 0 Å². The lowest BCUT2D eigenvalue weighted by molar-refractivity contribution is 0.390. The zero-order chi connectivity index (χ0) is 20.9. The first-order chi connectivity index (χ1) is 14.7. The summed E-state index contributed by atoms with van der Waals surface area (Å²) in [6.07, 6.45) is 0.985.